The van der Waals surface area contributed by atoms with E-state index in [-0.39, 0.29) is 11.5 Å². The summed E-state index contributed by atoms with van der Waals surface area (Å²) in [5, 5.41) is 6.64. The standard InChI is InChI=1S/C23H19N5O2/c1-3-20(29)25-17-10-7-11-18(14-17)28-21(30)13-12-19-15(2)24-23(27-22(19)28)26-16-8-5-4-6-9-16/h3-14H,1H2,2H3,(H,25,29)(H,24,26,27). The van der Waals surface area contributed by atoms with Crippen LogP contribution < -0.4 is 16.2 Å². The summed E-state index contributed by atoms with van der Waals surface area (Å²) in [5.41, 5.74) is 2.95. The van der Waals surface area contributed by atoms with Gasteiger partial charge in [-0.05, 0) is 49.4 Å². The second-order valence-corrected chi connectivity index (χ2v) is 6.61. The number of rotatable bonds is 5. The van der Waals surface area contributed by atoms with Crippen molar-refractivity contribution in [3.63, 3.8) is 0 Å². The lowest BCUT2D eigenvalue weighted by molar-refractivity contribution is -0.111. The normalized spacial score (nSPS) is 10.6. The highest BCUT2D eigenvalue weighted by Crippen LogP contribution is 2.22. The van der Waals surface area contributed by atoms with Gasteiger partial charge in [0, 0.05) is 22.8 Å². The van der Waals surface area contributed by atoms with Crippen LogP contribution in [0.3, 0.4) is 0 Å². The Kier molecular flexibility index (Phi) is 5.09. The summed E-state index contributed by atoms with van der Waals surface area (Å²) in [7, 11) is 0. The molecule has 30 heavy (non-hydrogen) atoms. The van der Waals surface area contributed by atoms with E-state index in [4.69, 9.17) is 0 Å². The molecule has 1 amide bonds. The maximum absolute atomic E-state index is 12.8. The van der Waals surface area contributed by atoms with Crippen LogP contribution >= 0.6 is 0 Å². The fraction of sp³-hybridized carbons (Fsp3) is 0.0435. The lowest BCUT2D eigenvalue weighted by atomic mass is 10.2. The van der Waals surface area contributed by atoms with Crippen LogP contribution in [0.15, 0.2) is 84.2 Å². The van der Waals surface area contributed by atoms with E-state index in [9.17, 15) is 9.59 Å². The molecule has 0 saturated heterocycles. The number of fused-ring (bicyclic) bond motifs is 1. The van der Waals surface area contributed by atoms with Crippen LogP contribution in [0, 0.1) is 6.92 Å². The number of pyridine rings is 1. The summed E-state index contributed by atoms with van der Waals surface area (Å²) in [4.78, 5) is 33.6. The van der Waals surface area contributed by atoms with E-state index in [0.717, 1.165) is 16.8 Å². The summed E-state index contributed by atoms with van der Waals surface area (Å²) in [6.45, 7) is 5.33. The van der Waals surface area contributed by atoms with Gasteiger partial charge in [-0.25, -0.2) is 4.98 Å². The van der Waals surface area contributed by atoms with E-state index in [0.29, 0.717) is 23.0 Å². The molecule has 2 N–H and O–H groups in total. The van der Waals surface area contributed by atoms with E-state index in [1.807, 2.05) is 37.3 Å². The Morgan fingerprint density at radius 2 is 1.77 bits per heavy atom. The maximum Gasteiger partial charge on any atom is 0.256 e. The molecule has 148 valence electrons. The topological polar surface area (TPSA) is 88.9 Å². The Bertz CT molecular complexity index is 1310. The van der Waals surface area contributed by atoms with Crippen molar-refractivity contribution >= 4 is 34.3 Å². The Balaban J connectivity index is 1.86. The first-order valence-electron chi connectivity index (χ1n) is 9.31. The van der Waals surface area contributed by atoms with Gasteiger partial charge in [0.1, 0.15) is 0 Å². The van der Waals surface area contributed by atoms with Crippen LogP contribution in [0.2, 0.25) is 0 Å². The fourth-order valence-electron chi connectivity index (χ4n) is 3.14. The number of aromatic nitrogens is 3. The molecule has 2 heterocycles. The van der Waals surface area contributed by atoms with Crippen LogP contribution in [0.4, 0.5) is 17.3 Å². The number of carbonyl (C=O) groups excluding carboxylic acids is 1. The van der Waals surface area contributed by atoms with Gasteiger partial charge in [-0.3, -0.25) is 14.2 Å². The average Bonchev–Trinajstić information content (AvgIpc) is 2.74. The van der Waals surface area contributed by atoms with Crippen molar-refractivity contribution in [1.29, 1.82) is 0 Å². The monoisotopic (exact) mass is 397 g/mol. The van der Waals surface area contributed by atoms with Crippen LogP contribution in [0.25, 0.3) is 16.7 Å². The van der Waals surface area contributed by atoms with E-state index in [2.05, 4.69) is 27.2 Å². The number of hydrogen-bond acceptors (Lipinski definition) is 5. The van der Waals surface area contributed by atoms with Crippen molar-refractivity contribution in [2.24, 2.45) is 0 Å². The number of hydrogen-bond donors (Lipinski definition) is 2. The molecule has 4 aromatic rings. The highest BCUT2D eigenvalue weighted by Gasteiger charge is 2.12. The van der Waals surface area contributed by atoms with Crippen LogP contribution in [-0.4, -0.2) is 20.4 Å². The first-order chi connectivity index (χ1) is 14.5. The largest absolute Gasteiger partial charge is 0.324 e. The molecular weight excluding hydrogens is 378 g/mol. The van der Waals surface area contributed by atoms with Crippen molar-refractivity contribution in [1.82, 2.24) is 14.5 Å². The predicted molar refractivity (Wildman–Crippen MR) is 118 cm³/mol. The smallest absolute Gasteiger partial charge is 0.256 e. The molecule has 2 aromatic carbocycles. The molecule has 0 aliphatic carbocycles. The minimum Gasteiger partial charge on any atom is -0.324 e. The molecular formula is C23H19N5O2. The molecule has 0 atom stereocenters. The lowest BCUT2D eigenvalue weighted by Gasteiger charge is -2.13. The first-order valence-corrected chi connectivity index (χ1v) is 9.31. The van der Waals surface area contributed by atoms with Gasteiger partial charge in [-0.1, -0.05) is 30.8 Å². The highest BCUT2D eigenvalue weighted by atomic mass is 16.1. The number of aryl methyl sites for hydroxylation is 1. The van der Waals surface area contributed by atoms with E-state index in [1.165, 1.54) is 16.7 Å². The first kappa shape index (κ1) is 19.1. The second-order valence-electron chi connectivity index (χ2n) is 6.61. The van der Waals surface area contributed by atoms with Gasteiger partial charge >= 0.3 is 0 Å². The van der Waals surface area contributed by atoms with Crippen molar-refractivity contribution in [3.05, 3.63) is 95.4 Å². The number of nitrogens with zero attached hydrogens (tertiary/aromatic N) is 3. The van der Waals surface area contributed by atoms with Crippen molar-refractivity contribution in [2.75, 3.05) is 10.6 Å². The number of para-hydroxylation sites is 1. The number of amides is 1. The minimum absolute atomic E-state index is 0.238. The van der Waals surface area contributed by atoms with Crippen molar-refractivity contribution in [2.45, 2.75) is 6.92 Å². The zero-order valence-corrected chi connectivity index (χ0v) is 16.3. The Morgan fingerprint density at radius 1 is 1.00 bits per heavy atom. The van der Waals surface area contributed by atoms with Gasteiger partial charge in [0.05, 0.1) is 11.4 Å². The Hall–Kier alpha value is -4.26. The van der Waals surface area contributed by atoms with Gasteiger partial charge in [-0.2, -0.15) is 4.98 Å². The number of anilines is 3. The molecule has 0 unspecified atom stereocenters. The molecule has 0 saturated carbocycles. The molecule has 0 fully saturated rings. The molecule has 0 radical (unpaired) electrons. The molecule has 7 nitrogen and oxygen atoms in total. The van der Waals surface area contributed by atoms with Gasteiger partial charge in [0.15, 0.2) is 5.65 Å². The third-order valence-electron chi connectivity index (χ3n) is 4.53. The molecule has 7 heteroatoms. The van der Waals surface area contributed by atoms with E-state index < -0.39 is 0 Å². The molecule has 4 rings (SSSR count). The van der Waals surface area contributed by atoms with E-state index in [1.54, 1.807) is 30.3 Å². The zero-order chi connectivity index (χ0) is 21.1. The van der Waals surface area contributed by atoms with Crippen molar-refractivity contribution < 1.29 is 4.79 Å². The van der Waals surface area contributed by atoms with Crippen LogP contribution in [0.1, 0.15) is 5.69 Å². The Labute approximate surface area is 172 Å². The van der Waals surface area contributed by atoms with Gasteiger partial charge in [0.25, 0.3) is 5.56 Å². The SMILES string of the molecule is C=CC(=O)Nc1cccc(-n2c(=O)ccc3c(C)nc(Nc4ccccc4)nc32)c1. The number of benzene rings is 2. The Morgan fingerprint density at radius 3 is 2.53 bits per heavy atom. The molecule has 2 aromatic heterocycles. The van der Waals surface area contributed by atoms with E-state index >= 15 is 0 Å². The highest BCUT2D eigenvalue weighted by molar-refractivity contribution is 5.99. The summed E-state index contributed by atoms with van der Waals surface area (Å²) in [6, 6.07) is 19.8. The summed E-state index contributed by atoms with van der Waals surface area (Å²) in [5.74, 6) is 0.0617. The number of nitrogens with one attached hydrogen (secondary N) is 2. The molecule has 0 bridgehead atoms. The van der Waals surface area contributed by atoms with Gasteiger partial charge < -0.3 is 10.6 Å². The van der Waals surface area contributed by atoms with Gasteiger partial charge in [0.2, 0.25) is 11.9 Å². The minimum atomic E-state index is -0.329. The summed E-state index contributed by atoms with van der Waals surface area (Å²) < 4.78 is 1.50. The number of carbonyl (C=O) groups is 1. The van der Waals surface area contributed by atoms with Crippen LogP contribution in [-0.2, 0) is 4.79 Å². The predicted octanol–water partition coefficient (Wildman–Crippen LogP) is 3.96. The summed E-state index contributed by atoms with van der Waals surface area (Å²) in [6.07, 6.45) is 1.19. The second kappa shape index (κ2) is 8.00. The quantitative estimate of drug-likeness (QED) is 0.498. The third-order valence-corrected chi connectivity index (χ3v) is 4.53. The van der Waals surface area contributed by atoms with Crippen LogP contribution in [0.5, 0.6) is 0 Å². The molecule has 0 aliphatic rings. The lowest BCUT2D eigenvalue weighted by Crippen LogP contribution is -2.19. The third kappa shape index (κ3) is 3.81. The zero-order valence-electron chi connectivity index (χ0n) is 16.3. The summed E-state index contributed by atoms with van der Waals surface area (Å²) >= 11 is 0. The van der Waals surface area contributed by atoms with Gasteiger partial charge in [-0.15, -0.1) is 0 Å². The fourth-order valence-corrected chi connectivity index (χ4v) is 3.14. The molecule has 0 aliphatic heterocycles. The maximum atomic E-state index is 12.8. The average molecular weight is 397 g/mol. The molecule has 0 spiro atoms. The van der Waals surface area contributed by atoms with Crippen molar-refractivity contribution in [3.8, 4) is 5.69 Å².